The largest absolute Gasteiger partial charge is 0.397 e. The molecule has 1 fully saturated rings. The van der Waals surface area contributed by atoms with Gasteiger partial charge in [0.05, 0.1) is 11.4 Å². The highest BCUT2D eigenvalue weighted by Gasteiger charge is 2.63. The third-order valence-electron chi connectivity index (χ3n) is 5.02. The molecule has 0 aromatic heterocycles. The topological polar surface area (TPSA) is 38.0 Å². The predicted octanol–water partition coefficient (Wildman–Crippen LogP) is 3.67. The van der Waals surface area contributed by atoms with Crippen molar-refractivity contribution in [2.45, 2.75) is 34.6 Å². The number of benzene rings is 1. The average Bonchev–Trinajstić information content (AvgIpc) is 2.58. The van der Waals surface area contributed by atoms with Crippen LogP contribution >= 0.6 is 0 Å². The fraction of sp³-hybridized carbons (Fsp3) is 0.600. The maximum absolute atomic E-state index is 6.00. The lowest BCUT2D eigenvalue weighted by molar-refractivity contribution is 0.457. The minimum Gasteiger partial charge on any atom is -0.397 e. The number of anilines is 2. The third kappa shape index (κ3) is 1.90. The van der Waals surface area contributed by atoms with Gasteiger partial charge in [-0.25, -0.2) is 0 Å². The lowest BCUT2D eigenvalue weighted by Gasteiger charge is -2.11. The zero-order valence-electron chi connectivity index (χ0n) is 11.6. The predicted molar refractivity (Wildman–Crippen MR) is 75.1 cm³/mol. The molecule has 3 N–H and O–H groups in total. The van der Waals surface area contributed by atoms with E-state index in [-0.39, 0.29) is 0 Å². The molecule has 0 heterocycles. The van der Waals surface area contributed by atoms with E-state index in [0.29, 0.717) is 10.8 Å². The molecule has 0 radical (unpaired) electrons. The summed E-state index contributed by atoms with van der Waals surface area (Å²) in [5, 5.41) is 3.49. The van der Waals surface area contributed by atoms with Crippen molar-refractivity contribution in [2.24, 2.45) is 16.7 Å². The molecule has 1 aromatic carbocycles. The molecule has 0 atom stereocenters. The van der Waals surface area contributed by atoms with E-state index in [1.54, 1.807) is 0 Å². The van der Waals surface area contributed by atoms with Crippen LogP contribution in [0.2, 0.25) is 0 Å². The van der Waals surface area contributed by atoms with Crippen molar-refractivity contribution >= 4 is 11.4 Å². The Kier molecular flexibility index (Phi) is 2.64. The summed E-state index contributed by atoms with van der Waals surface area (Å²) in [7, 11) is 0. The highest BCUT2D eigenvalue weighted by molar-refractivity contribution is 5.67. The molecule has 0 spiro atoms. The molecule has 0 amide bonds. The Morgan fingerprint density at radius 1 is 1.18 bits per heavy atom. The second-order valence-corrected chi connectivity index (χ2v) is 6.47. The van der Waals surface area contributed by atoms with E-state index in [2.05, 4.69) is 52.1 Å². The van der Waals surface area contributed by atoms with Crippen molar-refractivity contribution in [3.63, 3.8) is 0 Å². The van der Waals surface area contributed by atoms with Crippen molar-refractivity contribution in [1.29, 1.82) is 0 Å². The van der Waals surface area contributed by atoms with E-state index in [1.807, 2.05) is 6.07 Å². The van der Waals surface area contributed by atoms with Crippen molar-refractivity contribution in [3.05, 3.63) is 23.8 Å². The molecule has 17 heavy (non-hydrogen) atoms. The first kappa shape index (κ1) is 12.3. The number of nitrogens with one attached hydrogen (secondary N) is 1. The summed E-state index contributed by atoms with van der Waals surface area (Å²) in [5.41, 5.74) is 9.98. The number of aryl methyl sites for hydroxylation is 1. The summed E-state index contributed by atoms with van der Waals surface area (Å²) in [6, 6.07) is 6.19. The van der Waals surface area contributed by atoms with E-state index in [9.17, 15) is 0 Å². The van der Waals surface area contributed by atoms with E-state index >= 15 is 0 Å². The Bertz CT molecular complexity index is 419. The van der Waals surface area contributed by atoms with Gasteiger partial charge in [-0.3, -0.25) is 0 Å². The van der Waals surface area contributed by atoms with Crippen LogP contribution in [-0.4, -0.2) is 6.54 Å². The van der Waals surface area contributed by atoms with Gasteiger partial charge in [0.15, 0.2) is 0 Å². The van der Waals surface area contributed by atoms with Gasteiger partial charge in [-0.15, -0.1) is 0 Å². The molecule has 2 nitrogen and oxygen atoms in total. The summed E-state index contributed by atoms with van der Waals surface area (Å²) in [5.74, 6) is 0.718. The summed E-state index contributed by atoms with van der Waals surface area (Å²) in [4.78, 5) is 0. The molecule has 0 bridgehead atoms. The van der Waals surface area contributed by atoms with Gasteiger partial charge in [0, 0.05) is 6.54 Å². The number of nitrogen functional groups attached to an aromatic ring is 1. The zero-order valence-corrected chi connectivity index (χ0v) is 11.6. The molecule has 0 unspecified atom stereocenters. The Balaban J connectivity index is 2.00. The second kappa shape index (κ2) is 3.66. The first-order valence-corrected chi connectivity index (χ1v) is 6.37. The first-order chi connectivity index (χ1) is 7.76. The molecule has 94 valence electrons. The number of nitrogens with two attached hydrogens (primary N) is 1. The van der Waals surface area contributed by atoms with Crippen molar-refractivity contribution in [1.82, 2.24) is 0 Å². The SMILES string of the molecule is Cc1ccc(NCC2C(C)(C)C2(C)C)c(N)c1. The fourth-order valence-corrected chi connectivity index (χ4v) is 2.90. The van der Waals surface area contributed by atoms with Gasteiger partial charge < -0.3 is 11.1 Å². The Labute approximate surface area is 105 Å². The molecule has 2 heteroatoms. The summed E-state index contributed by atoms with van der Waals surface area (Å²) >= 11 is 0. The quantitative estimate of drug-likeness (QED) is 0.780. The molecule has 1 aliphatic rings. The van der Waals surface area contributed by atoms with Crippen molar-refractivity contribution < 1.29 is 0 Å². The van der Waals surface area contributed by atoms with Gasteiger partial charge >= 0.3 is 0 Å². The lowest BCUT2D eigenvalue weighted by atomic mass is 10.0. The molecule has 2 rings (SSSR count). The maximum atomic E-state index is 6.00. The first-order valence-electron chi connectivity index (χ1n) is 6.37. The highest BCUT2D eigenvalue weighted by Crippen LogP contribution is 2.68. The molecular formula is C15H24N2. The monoisotopic (exact) mass is 232 g/mol. The normalized spacial score (nSPS) is 21.2. The molecule has 1 aromatic rings. The van der Waals surface area contributed by atoms with Crippen molar-refractivity contribution in [2.75, 3.05) is 17.6 Å². The van der Waals surface area contributed by atoms with Gasteiger partial charge in [-0.1, -0.05) is 33.8 Å². The van der Waals surface area contributed by atoms with E-state index in [4.69, 9.17) is 5.73 Å². The van der Waals surface area contributed by atoms with E-state index < -0.39 is 0 Å². The van der Waals surface area contributed by atoms with Crippen LogP contribution in [0.1, 0.15) is 33.3 Å². The standard InChI is InChI=1S/C15H24N2/c1-10-6-7-12(11(16)8-10)17-9-13-14(2,3)15(13,4)5/h6-8,13,17H,9,16H2,1-5H3. The van der Waals surface area contributed by atoms with Crippen LogP contribution in [0.5, 0.6) is 0 Å². The molecule has 0 saturated heterocycles. The lowest BCUT2D eigenvalue weighted by Crippen LogP contribution is -2.09. The number of hydrogen-bond donors (Lipinski definition) is 2. The van der Waals surface area contributed by atoms with Crippen LogP contribution in [0.3, 0.4) is 0 Å². The minimum atomic E-state index is 0.430. The Morgan fingerprint density at radius 3 is 2.24 bits per heavy atom. The second-order valence-electron chi connectivity index (χ2n) is 6.47. The van der Waals surface area contributed by atoms with Crippen LogP contribution in [-0.2, 0) is 0 Å². The fourth-order valence-electron chi connectivity index (χ4n) is 2.90. The van der Waals surface area contributed by atoms with Gasteiger partial charge in [0.2, 0.25) is 0 Å². The number of rotatable bonds is 3. The van der Waals surface area contributed by atoms with Gasteiger partial charge in [-0.2, -0.15) is 0 Å². The van der Waals surface area contributed by atoms with Gasteiger partial charge in [0.25, 0.3) is 0 Å². The van der Waals surface area contributed by atoms with Crippen molar-refractivity contribution in [3.8, 4) is 0 Å². The zero-order chi connectivity index (χ0) is 12.8. The summed E-state index contributed by atoms with van der Waals surface area (Å²) in [6.45, 7) is 12.5. The highest BCUT2D eigenvalue weighted by atomic mass is 14.9. The molecule has 1 saturated carbocycles. The van der Waals surface area contributed by atoms with Crippen LogP contribution in [0.15, 0.2) is 18.2 Å². The Hall–Kier alpha value is -1.18. The molecule has 1 aliphatic carbocycles. The van der Waals surface area contributed by atoms with Crippen LogP contribution in [0, 0.1) is 23.7 Å². The van der Waals surface area contributed by atoms with E-state index in [1.165, 1.54) is 5.56 Å². The smallest absolute Gasteiger partial charge is 0.0574 e. The van der Waals surface area contributed by atoms with Crippen LogP contribution < -0.4 is 11.1 Å². The minimum absolute atomic E-state index is 0.430. The number of hydrogen-bond acceptors (Lipinski definition) is 2. The summed E-state index contributed by atoms with van der Waals surface area (Å²) in [6.07, 6.45) is 0. The van der Waals surface area contributed by atoms with Gasteiger partial charge in [-0.05, 0) is 41.4 Å². The molecule has 0 aliphatic heterocycles. The average molecular weight is 232 g/mol. The maximum Gasteiger partial charge on any atom is 0.0574 e. The molecular weight excluding hydrogens is 208 g/mol. The van der Waals surface area contributed by atoms with Crippen LogP contribution in [0.25, 0.3) is 0 Å². The summed E-state index contributed by atoms with van der Waals surface area (Å²) < 4.78 is 0. The van der Waals surface area contributed by atoms with Gasteiger partial charge in [0.1, 0.15) is 0 Å². The Morgan fingerprint density at radius 2 is 1.76 bits per heavy atom. The van der Waals surface area contributed by atoms with Crippen LogP contribution in [0.4, 0.5) is 11.4 Å². The third-order valence-corrected chi connectivity index (χ3v) is 5.02. The van der Waals surface area contributed by atoms with E-state index in [0.717, 1.165) is 23.8 Å².